The molecule has 0 saturated carbocycles. The Morgan fingerprint density at radius 3 is 1.53 bits per heavy atom. The van der Waals surface area contributed by atoms with E-state index < -0.39 is 0 Å². The Morgan fingerprint density at radius 2 is 0.985 bits per heavy atom. The second kappa shape index (κ2) is 18.5. The predicted molar refractivity (Wildman–Crippen MR) is 275 cm³/mol. The zero-order valence-electron chi connectivity index (χ0n) is 39.2. The van der Waals surface area contributed by atoms with Crippen LogP contribution in [0.2, 0.25) is 0 Å². The van der Waals surface area contributed by atoms with Crippen molar-refractivity contribution in [1.82, 2.24) is 14.5 Å². The van der Waals surface area contributed by atoms with Gasteiger partial charge in [0.2, 0.25) is 0 Å². The number of aromatic nitrogens is 3. The monoisotopic (exact) mass is 860 g/mol. The number of imidazole rings is 1. The summed E-state index contributed by atoms with van der Waals surface area (Å²) in [6, 6.07) is 57.3. The van der Waals surface area contributed by atoms with Crippen molar-refractivity contribution in [3.8, 4) is 73.2 Å². The molecule has 0 fully saturated rings. The number of hydrogen-bond donors (Lipinski definition) is 0. The zero-order valence-corrected chi connectivity index (χ0v) is 39.2. The van der Waals surface area contributed by atoms with E-state index in [-0.39, 0.29) is 11.8 Å². The van der Waals surface area contributed by atoms with E-state index in [2.05, 4.69) is 186 Å². The van der Waals surface area contributed by atoms with Crippen molar-refractivity contribution >= 4 is 16.7 Å². The lowest BCUT2D eigenvalue weighted by Crippen LogP contribution is -2.09. The smallest absolute Gasteiger partial charge is 0.189 e. The average Bonchev–Trinajstić information content (AvgIpc) is 3.72. The molecule has 326 valence electrons. The first-order valence-corrected chi connectivity index (χ1v) is 23.2. The highest BCUT2D eigenvalue weighted by atomic mass is 16.5. The Bertz CT molecular complexity index is 3180. The summed E-state index contributed by atoms with van der Waals surface area (Å²) in [5.74, 6) is 3.30. The van der Waals surface area contributed by atoms with E-state index in [1.807, 2.05) is 48.7 Å². The Kier molecular flexibility index (Phi) is 12.3. The van der Waals surface area contributed by atoms with Crippen LogP contribution < -0.4 is 4.74 Å². The van der Waals surface area contributed by atoms with Crippen LogP contribution >= 0.6 is 0 Å². The van der Waals surface area contributed by atoms with Crippen molar-refractivity contribution in [2.75, 3.05) is 0 Å². The number of fused-ring (bicyclic) bond motifs is 1. The first-order chi connectivity index (χ1) is 32.0. The first kappa shape index (κ1) is 43.7. The lowest BCUT2D eigenvalue weighted by molar-refractivity contribution is 0.483. The lowest BCUT2D eigenvalue weighted by atomic mass is 9.82. The van der Waals surface area contributed by atoms with Gasteiger partial charge in [0.1, 0.15) is 17.3 Å². The van der Waals surface area contributed by atoms with E-state index in [1.54, 1.807) is 0 Å². The number of nitrogens with zero attached hydrogens (tertiary/aromatic N) is 4. The molecule has 0 N–H and O–H groups in total. The SMILES string of the molecule is [C-]#[N+]c1ccc2c(c1)nc(-c1cccc(Oc3cccc(-c4cc(-c5c(C(C)C)cc(-c6ccccc6)cc5C(C)C)ccn4)c3)c1)n2-c1c(C(C)C)cc(-c2ccccc2)cc1C(C)C. The van der Waals surface area contributed by atoms with E-state index in [0.717, 1.165) is 44.9 Å². The molecule has 0 spiro atoms. The maximum absolute atomic E-state index is 7.80. The Labute approximate surface area is 390 Å². The molecule has 0 amide bonds. The summed E-state index contributed by atoms with van der Waals surface area (Å²) in [6.07, 6.45) is 1.93. The highest BCUT2D eigenvalue weighted by Crippen LogP contribution is 2.43. The fraction of sp³-hybridized carbons (Fsp3) is 0.197. The second-order valence-corrected chi connectivity index (χ2v) is 18.5. The van der Waals surface area contributed by atoms with Crippen molar-refractivity contribution < 1.29 is 4.74 Å². The van der Waals surface area contributed by atoms with Crippen molar-refractivity contribution in [1.29, 1.82) is 0 Å². The Balaban J connectivity index is 1.10. The van der Waals surface area contributed by atoms with E-state index in [4.69, 9.17) is 21.3 Å². The van der Waals surface area contributed by atoms with Gasteiger partial charge in [-0.05, 0) is 140 Å². The summed E-state index contributed by atoms with van der Waals surface area (Å²) in [4.78, 5) is 14.0. The number of benzene rings is 7. The van der Waals surface area contributed by atoms with Gasteiger partial charge < -0.3 is 4.74 Å². The van der Waals surface area contributed by atoms with Gasteiger partial charge in [-0.15, -0.1) is 0 Å². The summed E-state index contributed by atoms with van der Waals surface area (Å²) >= 11 is 0. The molecular weight excluding hydrogens is 805 g/mol. The van der Waals surface area contributed by atoms with Gasteiger partial charge in [0, 0.05) is 17.3 Å². The first-order valence-electron chi connectivity index (χ1n) is 23.2. The molecule has 0 aliphatic carbocycles. The Morgan fingerprint density at radius 1 is 0.470 bits per heavy atom. The molecular formula is C61H56N4O. The minimum Gasteiger partial charge on any atom is -0.457 e. The average molecular weight is 861 g/mol. The molecule has 66 heavy (non-hydrogen) atoms. The molecule has 9 rings (SSSR count). The van der Waals surface area contributed by atoms with Gasteiger partial charge in [-0.2, -0.15) is 0 Å². The molecule has 2 aromatic heterocycles. The van der Waals surface area contributed by atoms with E-state index in [9.17, 15) is 0 Å². The third-order valence-electron chi connectivity index (χ3n) is 12.6. The molecule has 0 aliphatic rings. The summed E-state index contributed by atoms with van der Waals surface area (Å²) in [5.41, 5.74) is 18.7. The van der Waals surface area contributed by atoms with Crippen LogP contribution in [0.3, 0.4) is 0 Å². The molecule has 0 saturated heterocycles. The van der Waals surface area contributed by atoms with Crippen LogP contribution in [0.1, 0.15) is 101 Å². The van der Waals surface area contributed by atoms with Crippen LogP contribution in [0, 0.1) is 6.57 Å². The Hall–Kier alpha value is -7.55. The highest BCUT2D eigenvalue weighted by Gasteiger charge is 2.25. The van der Waals surface area contributed by atoms with Crippen LogP contribution in [-0.4, -0.2) is 14.5 Å². The van der Waals surface area contributed by atoms with Crippen molar-refractivity contribution in [3.63, 3.8) is 0 Å². The molecule has 7 aromatic carbocycles. The number of rotatable bonds is 12. The normalized spacial score (nSPS) is 11.6. The van der Waals surface area contributed by atoms with E-state index in [0.29, 0.717) is 29.0 Å². The quantitative estimate of drug-likeness (QED) is 0.115. The van der Waals surface area contributed by atoms with Gasteiger partial charge in [0.05, 0.1) is 29.0 Å². The highest BCUT2D eigenvalue weighted by molar-refractivity contribution is 5.88. The summed E-state index contributed by atoms with van der Waals surface area (Å²) in [5, 5.41) is 0. The van der Waals surface area contributed by atoms with Crippen molar-refractivity contribution in [2.45, 2.75) is 79.1 Å². The second-order valence-electron chi connectivity index (χ2n) is 18.5. The summed E-state index contributed by atoms with van der Waals surface area (Å²) < 4.78 is 9.03. The standard InChI is InChI=1S/C61H56N4O/c1-38(2)52-32-47(42-18-12-10-13-19-42)33-53(39(3)4)59(52)45-28-29-63-56(36-45)44-22-16-24-50(30-44)66-51-25-17-23-46(31-51)61-64-57-37-49(62-9)26-27-58(57)65(61)60-54(40(5)6)34-48(35-55(60)41(7)8)43-20-14-11-15-21-43/h10-41H,1-8H3. The molecule has 2 heterocycles. The minimum atomic E-state index is 0.223. The molecule has 0 unspecified atom stereocenters. The fourth-order valence-corrected chi connectivity index (χ4v) is 9.20. The summed E-state index contributed by atoms with van der Waals surface area (Å²) in [6.45, 7) is 26.0. The van der Waals surface area contributed by atoms with Gasteiger partial charge in [0.25, 0.3) is 0 Å². The molecule has 5 nitrogen and oxygen atoms in total. The van der Waals surface area contributed by atoms with Crippen LogP contribution in [0.5, 0.6) is 11.5 Å². The number of pyridine rings is 1. The third-order valence-corrected chi connectivity index (χ3v) is 12.6. The molecule has 0 atom stereocenters. The molecule has 9 aromatic rings. The molecule has 0 bridgehead atoms. The molecule has 0 aliphatic heterocycles. The minimum absolute atomic E-state index is 0.223. The van der Waals surface area contributed by atoms with E-state index >= 15 is 0 Å². The maximum atomic E-state index is 7.80. The van der Waals surface area contributed by atoms with Crippen molar-refractivity contribution in [3.05, 3.63) is 204 Å². The van der Waals surface area contributed by atoms with Crippen LogP contribution in [0.4, 0.5) is 5.69 Å². The molecule has 5 heteroatoms. The lowest BCUT2D eigenvalue weighted by Gasteiger charge is -2.24. The maximum Gasteiger partial charge on any atom is 0.189 e. The largest absolute Gasteiger partial charge is 0.457 e. The topological polar surface area (TPSA) is 44.3 Å². The molecule has 0 radical (unpaired) electrons. The van der Waals surface area contributed by atoms with Gasteiger partial charge in [-0.3, -0.25) is 9.55 Å². The summed E-state index contributed by atoms with van der Waals surface area (Å²) in [7, 11) is 0. The predicted octanol–water partition coefficient (Wildman–Crippen LogP) is 17.6. The number of hydrogen-bond acceptors (Lipinski definition) is 3. The van der Waals surface area contributed by atoms with Crippen molar-refractivity contribution in [2.24, 2.45) is 0 Å². The fourth-order valence-electron chi connectivity index (χ4n) is 9.20. The van der Waals surface area contributed by atoms with Gasteiger partial charge in [-0.25, -0.2) is 9.83 Å². The zero-order chi connectivity index (χ0) is 46.1. The van der Waals surface area contributed by atoms with Gasteiger partial charge in [-0.1, -0.05) is 159 Å². The van der Waals surface area contributed by atoms with Gasteiger partial charge >= 0.3 is 0 Å². The van der Waals surface area contributed by atoms with Gasteiger partial charge in [0.15, 0.2) is 5.69 Å². The third kappa shape index (κ3) is 8.67. The van der Waals surface area contributed by atoms with E-state index in [1.165, 1.54) is 50.1 Å². The van der Waals surface area contributed by atoms with Crippen LogP contribution in [-0.2, 0) is 0 Å². The van der Waals surface area contributed by atoms with Crippen LogP contribution in [0.25, 0.3) is 77.6 Å². The number of ether oxygens (including phenoxy) is 1. The van der Waals surface area contributed by atoms with Crippen LogP contribution in [0.15, 0.2) is 170 Å².